The van der Waals surface area contributed by atoms with Crippen LogP contribution in [0.1, 0.15) is 38.7 Å². The van der Waals surface area contributed by atoms with Crippen molar-refractivity contribution < 1.29 is 14.6 Å². The summed E-state index contributed by atoms with van der Waals surface area (Å²) >= 11 is 0. The summed E-state index contributed by atoms with van der Waals surface area (Å²) in [7, 11) is 0. The topological polar surface area (TPSA) is 38.0 Å². The number of carbonyl (C=O) groups is 1. The highest BCUT2D eigenvalue weighted by atomic mass is 16.2. The van der Waals surface area contributed by atoms with Gasteiger partial charge in [-0.3, -0.25) is 4.79 Å². The summed E-state index contributed by atoms with van der Waals surface area (Å²) in [5, 5.41) is 3.33. The molecule has 1 saturated heterocycles. The largest absolute Gasteiger partial charge is 0.348 e. The molecule has 3 rings (SSSR count). The number of rotatable bonds is 5. The highest BCUT2D eigenvalue weighted by Gasteiger charge is 2.30. The number of carbonyl (C=O) groups excluding carboxylic acids is 1. The first-order valence-corrected chi connectivity index (χ1v) is 10.1. The lowest BCUT2D eigenvalue weighted by molar-refractivity contribution is -1.02. The Morgan fingerprint density at radius 2 is 1.72 bits per heavy atom. The predicted molar refractivity (Wildman–Crippen MR) is 101 cm³/mol. The molecule has 1 aliphatic carbocycles. The SMILES string of the molecule is C[C@@H]1[C@H](C)CCC[C@H]1NC(=O)C[NH+]1CC[NH+](Cc2ccccc2)CC1. The van der Waals surface area contributed by atoms with E-state index in [1.807, 2.05) is 0 Å². The number of amides is 1. The third kappa shape index (κ3) is 5.29. The maximum Gasteiger partial charge on any atom is 0.275 e. The van der Waals surface area contributed by atoms with Gasteiger partial charge in [0.2, 0.25) is 0 Å². The molecule has 1 heterocycles. The van der Waals surface area contributed by atoms with E-state index in [1.54, 1.807) is 4.90 Å². The van der Waals surface area contributed by atoms with Crippen LogP contribution in [0.25, 0.3) is 0 Å². The van der Waals surface area contributed by atoms with Gasteiger partial charge in [-0.25, -0.2) is 0 Å². The molecule has 4 heteroatoms. The maximum absolute atomic E-state index is 12.5. The van der Waals surface area contributed by atoms with E-state index in [9.17, 15) is 4.79 Å². The van der Waals surface area contributed by atoms with Crippen molar-refractivity contribution in [3.8, 4) is 0 Å². The van der Waals surface area contributed by atoms with E-state index >= 15 is 0 Å². The second-order valence-electron chi connectivity index (χ2n) is 8.28. The molecule has 2 fully saturated rings. The Labute approximate surface area is 152 Å². The van der Waals surface area contributed by atoms with Gasteiger partial charge >= 0.3 is 0 Å². The minimum Gasteiger partial charge on any atom is -0.348 e. The van der Waals surface area contributed by atoms with Gasteiger partial charge < -0.3 is 15.1 Å². The number of piperazine rings is 1. The normalized spacial score (nSPS) is 33.0. The Morgan fingerprint density at radius 3 is 2.44 bits per heavy atom. The monoisotopic (exact) mass is 345 g/mol. The smallest absolute Gasteiger partial charge is 0.275 e. The van der Waals surface area contributed by atoms with Gasteiger partial charge in [0.05, 0.1) is 0 Å². The van der Waals surface area contributed by atoms with Gasteiger partial charge in [0.1, 0.15) is 32.7 Å². The molecule has 0 unspecified atom stereocenters. The Bertz CT molecular complexity index is 539. The molecule has 25 heavy (non-hydrogen) atoms. The van der Waals surface area contributed by atoms with Crippen molar-refractivity contribution in [3.05, 3.63) is 35.9 Å². The van der Waals surface area contributed by atoms with Crippen LogP contribution in [0, 0.1) is 11.8 Å². The van der Waals surface area contributed by atoms with Gasteiger partial charge in [0.25, 0.3) is 5.91 Å². The number of quaternary nitrogens is 2. The van der Waals surface area contributed by atoms with Crippen LogP contribution in [0.5, 0.6) is 0 Å². The van der Waals surface area contributed by atoms with E-state index in [0.29, 0.717) is 18.5 Å². The summed E-state index contributed by atoms with van der Waals surface area (Å²) in [6, 6.07) is 11.1. The summed E-state index contributed by atoms with van der Waals surface area (Å²) in [4.78, 5) is 15.6. The van der Waals surface area contributed by atoms with E-state index in [-0.39, 0.29) is 5.91 Å². The van der Waals surface area contributed by atoms with E-state index in [0.717, 1.165) is 45.1 Å². The molecular formula is C21H35N3O+2. The van der Waals surface area contributed by atoms with Crippen LogP contribution in [-0.2, 0) is 11.3 Å². The quantitative estimate of drug-likeness (QED) is 0.686. The first-order chi connectivity index (χ1) is 12.1. The summed E-state index contributed by atoms with van der Waals surface area (Å²) in [6.07, 6.45) is 3.72. The van der Waals surface area contributed by atoms with Gasteiger partial charge in [-0.1, -0.05) is 57.0 Å². The Morgan fingerprint density at radius 1 is 1.04 bits per heavy atom. The molecule has 0 radical (unpaired) electrons. The van der Waals surface area contributed by atoms with Crippen molar-refractivity contribution in [1.82, 2.24) is 5.32 Å². The standard InChI is InChI=1S/C21H33N3O/c1-17-7-6-10-20(18(17)2)22-21(25)16-24-13-11-23(12-14-24)15-19-8-4-3-5-9-19/h3-5,8-9,17-18,20H,6-7,10-16H2,1-2H3,(H,22,25)/p+2/t17-,18-,20-/m1/s1. The highest BCUT2D eigenvalue weighted by Crippen LogP contribution is 2.29. The summed E-state index contributed by atoms with van der Waals surface area (Å²) in [5.74, 6) is 1.60. The Balaban J connectivity index is 1.39. The molecule has 1 saturated carbocycles. The fraction of sp³-hybridized carbons (Fsp3) is 0.667. The van der Waals surface area contributed by atoms with Crippen molar-refractivity contribution in [2.45, 2.75) is 45.7 Å². The first-order valence-electron chi connectivity index (χ1n) is 10.1. The minimum absolute atomic E-state index is 0.257. The molecule has 4 nitrogen and oxygen atoms in total. The fourth-order valence-electron chi connectivity index (χ4n) is 4.47. The zero-order valence-corrected chi connectivity index (χ0v) is 15.9. The van der Waals surface area contributed by atoms with Crippen LogP contribution in [0.2, 0.25) is 0 Å². The van der Waals surface area contributed by atoms with Crippen LogP contribution in [-0.4, -0.2) is 44.7 Å². The zero-order chi connectivity index (χ0) is 17.6. The molecule has 3 N–H and O–H groups in total. The van der Waals surface area contributed by atoms with E-state index in [1.165, 1.54) is 23.3 Å². The number of hydrogen-bond acceptors (Lipinski definition) is 1. The molecule has 1 aromatic carbocycles. The number of benzene rings is 1. The summed E-state index contributed by atoms with van der Waals surface area (Å²) in [6.45, 7) is 10.9. The van der Waals surface area contributed by atoms with Crippen LogP contribution < -0.4 is 15.1 Å². The molecule has 0 aromatic heterocycles. The van der Waals surface area contributed by atoms with Crippen molar-refractivity contribution in [2.75, 3.05) is 32.7 Å². The summed E-state index contributed by atoms with van der Waals surface area (Å²) in [5.41, 5.74) is 1.42. The van der Waals surface area contributed by atoms with Crippen molar-refractivity contribution in [2.24, 2.45) is 11.8 Å². The lowest BCUT2D eigenvalue weighted by Gasteiger charge is -2.35. The molecule has 138 valence electrons. The van der Waals surface area contributed by atoms with Crippen molar-refractivity contribution in [1.29, 1.82) is 0 Å². The van der Waals surface area contributed by atoms with Crippen LogP contribution >= 0.6 is 0 Å². The molecular weight excluding hydrogens is 310 g/mol. The fourth-order valence-corrected chi connectivity index (χ4v) is 4.47. The van der Waals surface area contributed by atoms with Crippen LogP contribution in [0.15, 0.2) is 30.3 Å². The molecule has 0 spiro atoms. The molecule has 1 aliphatic heterocycles. The highest BCUT2D eigenvalue weighted by molar-refractivity contribution is 5.77. The Hall–Kier alpha value is -1.39. The average Bonchev–Trinajstić information content (AvgIpc) is 2.62. The minimum atomic E-state index is 0.257. The molecule has 2 aliphatic rings. The number of hydrogen-bond donors (Lipinski definition) is 3. The first kappa shape index (κ1) is 18.4. The van der Waals surface area contributed by atoms with Gasteiger partial charge in [0, 0.05) is 11.6 Å². The van der Waals surface area contributed by atoms with Gasteiger partial charge in [-0.15, -0.1) is 0 Å². The van der Waals surface area contributed by atoms with E-state index in [2.05, 4.69) is 49.5 Å². The number of nitrogens with one attached hydrogen (secondary N) is 3. The lowest BCUT2D eigenvalue weighted by Crippen LogP contribution is -3.28. The third-order valence-corrected chi connectivity index (χ3v) is 6.42. The Kier molecular flexibility index (Phi) is 6.49. The van der Waals surface area contributed by atoms with Crippen LogP contribution in [0.3, 0.4) is 0 Å². The third-order valence-electron chi connectivity index (χ3n) is 6.42. The van der Waals surface area contributed by atoms with Gasteiger partial charge in [-0.05, 0) is 18.3 Å². The molecule has 1 aromatic rings. The maximum atomic E-state index is 12.5. The van der Waals surface area contributed by atoms with Crippen molar-refractivity contribution >= 4 is 5.91 Å². The lowest BCUT2D eigenvalue weighted by atomic mass is 9.78. The zero-order valence-electron chi connectivity index (χ0n) is 15.9. The van der Waals surface area contributed by atoms with Gasteiger partial charge in [-0.2, -0.15) is 0 Å². The second kappa shape index (κ2) is 8.81. The molecule has 0 bridgehead atoms. The van der Waals surface area contributed by atoms with Crippen molar-refractivity contribution in [3.63, 3.8) is 0 Å². The van der Waals surface area contributed by atoms with E-state index < -0.39 is 0 Å². The van der Waals surface area contributed by atoms with E-state index in [4.69, 9.17) is 0 Å². The van der Waals surface area contributed by atoms with Gasteiger partial charge in [0.15, 0.2) is 6.54 Å². The molecule has 1 amide bonds. The summed E-state index contributed by atoms with van der Waals surface area (Å²) < 4.78 is 0. The van der Waals surface area contributed by atoms with Crippen LogP contribution in [0.4, 0.5) is 0 Å². The second-order valence-corrected chi connectivity index (χ2v) is 8.28. The predicted octanol–water partition coefficient (Wildman–Crippen LogP) is -0.0891. The average molecular weight is 346 g/mol. The molecule has 3 atom stereocenters.